The Bertz CT molecular complexity index is 375. The first-order valence-electron chi connectivity index (χ1n) is 7.73. The van der Waals surface area contributed by atoms with Gasteiger partial charge in [-0.2, -0.15) is 0 Å². The van der Waals surface area contributed by atoms with E-state index >= 15 is 0 Å². The maximum atomic E-state index is 3.62. The van der Waals surface area contributed by atoms with E-state index in [9.17, 15) is 0 Å². The summed E-state index contributed by atoms with van der Waals surface area (Å²) in [7, 11) is 0. The molecule has 0 radical (unpaired) electrons. The van der Waals surface area contributed by atoms with Gasteiger partial charge in [-0.1, -0.05) is 38.1 Å². The van der Waals surface area contributed by atoms with Crippen molar-refractivity contribution in [2.24, 2.45) is 0 Å². The van der Waals surface area contributed by atoms with E-state index in [1.165, 1.54) is 17.5 Å². The largest absolute Gasteiger partial charge is 0.309 e. The van der Waals surface area contributed by atoms with Crippen LogP contribution in [0.5, 0.6) is 0 Å². The number of hydrogen-bond acceptors (Lipinski definition) is 2. The minimum Gasteiger partial charge on any atom is -0.309 e. The number of nitrogens with one attached hydrogen (secondary N) is 1. The molecule has 1 heterocycles. The molecule has 1 aromatic rings. The molecule has 1 N–H and O–H groups in total. The van der Waals surface area contributed by atoms with E-state index < -0.39 is 0 Å². The number of rotatable bonds is 4. The standard InChI is InChI=1S/C17H28N2/c1-5-15-7-9-16(10-8-15)17(6-2)19-11-13(3)18-14(4)12-19/h7-10,13-14,17-18H,5-6,11-12H2,1-4H3. The first kappa shape index (κ1) is 14.5. The average molecular weight is 260 g/mol. The Morgan fingerprint density at radius 2 is 1.68 bits per heavy atom. The minimum absolute atomic E-state index is 0.568. The van der Waals surface area contributed by atoms with Crippen molar-refractivity contribution in [1.29, 1.82) is 0 Å². The van der Waals surface area contributed by atoms with Gasteiger partial charge in [-0.15, -0.1) is 0 Å². The van der Waals surface area contributed by atoms with Crippen molar-refractivity contribution in [1.82, 2.24) is 10.2 Å². The molecule has 2 nitrogen and oxygen atoms in total. The van der Waals surface area contributed by atoms with Gasteiger partial charge in [-0.05, 0) is 37.8 Å². The van der Waals surface area contributed by atoms with Crippen LogP contribution in [0.15, 0.2) is 24.3 Å². The summed E-state index contributed by atoms with van der Waals surface area (Å²) in [5, 5.41) is 3.62. The zero-order valence-corrected chi connectivity index (χ0v) is 12.8. The van der Waals surface area contributed by atoms with E-state index in [1.807, 2.05) is 0 Å². The van der Waals surface area contributed by atoms with Crippen LogP contribution in [0.3, 0.4) is 0 Å². The first-order valence-corrected chi connectivity index (χ1v) is 7.73. The highest BCUT2D eigenvalue weighted by molar-refractivity contribution is 5.25. The molecule has 1 fully saturated rings. The molecule has 1 aliphatic heterocycles. The van der Waals surface area contributed by atoms with Gasteiger partial charge in [0.25, 0.3) is 0 Å². The first-order chi connectivity index (χ1) is 9.13. The molecule has 0 aliphatic carbocycles. The van der Waals surface area contributed by atoms with E-state index in [4.69, 9.17) is 0 Å². The van der Waals surface area contributed by atoms with Crippen molar-refractivity contribution >= 4 is 0 Å². The zero-order chi connectivity index (χ0) is 13.8. The van der Waals surface area contributed by atoms with Crippen LogP contribution in [0.2, 0.25) is 0 Å². The summed E-state index contributed by atoms with van der Waals surface area (Å²) in [4.78, 5) is 2.65. The molecule has 0 saturated carbocycles. The molecule has 1 aliphatic rings. The van der Waals surface area contributed by atoms with Gasteiger partial charge in [-0.25, -0.2) is 0 Å². The summed E-state index contributed by atoms with van der Waals surface area (Å²) in [6.45, 7) is 11.4. The van der Waals surface area contributed by atoms with Crippen LogP contribution < -0.4 is 5.32 Å². The molecule has 0 spiro atoms. The molecule has 0 bridgehead atoms. The van der Waals surface area contributed by atoms with Crippen LogP contribution >= 0.6 is 0 Å². The van der Waals surface area contributed by atoms with Gasteiger partial charge in [0.2, 0.25) is 0 Å². The third-order valence-corrected chi connectivity index (χ3v) is 4.19. The van der Waals surface area contributed by atoms with Gasteiger partial charge in [0.1, 0.15) is 0 Å². The van der Waals surface area contributed by atoms with Crippen LogP contribution in [0.25, 0.3) is 0 Å². The Hall–Kier alpha value is -0.860. The van der Waals surface area contributed by atoms with E-state index in [2.05, 4.69) is 62.2 Å². The van der Waals surface area contributed by atoms with E-state index in [-0.39, 0.29) is 0 Å². The minimum atomic E-state index is 0.568. The molecule has 2 rings (SSSR count). The fraction of sp³-hybridized carbons (Fsp3) is 0.647. The molecule has 3 atom stereocenters. The van der Waals surface area contributed by atoms with Gasteiger partial charge < -0.3 is 5.32 Å². The molecule has 19 heavy (non-hydrogen) atoms. The second-order valence-corrected chi connectivity index (χ2v) is 5.94. The molecule has 0 amide bonds. The van der Waals surface area contributed by atoms with Crippen LogP contribution in [-0.2, 0) is 6.42 Å². The summed E-state index contributed by atoms with van der Waals surface area (Å²) < 4.78 is 0. The maximum absolute atomic E-state index is 3.62. The van der Waals surface area contributed by atoms with Gasteiger partial charge in [0.05, 0.1) is 0 Å². The predicted octanol–water partition coefficient (Wildman–Crippen LogP) is 3.38. The second-order valence-electron chi connectivity index (χ2n) is 5.94. The van der Waals surface area contributed by atoms with Crippen molar-refractivity contribution in [2.75, 3.05) is 13.1 Å². The average Bonchev–Trinajstić information content (AvgIpc) is 2.39. The Morgan fingerprint density at radius 1 is 1.11 bits per heavy atom. The highest BCUT2D eigenvalue weighted by Crippen LogP contribution is 2.26. The summed E-state index contributed by atoms with van der Waals surface area (Å²) in [6.07, 6.45) is 2.31. The molecule has 106 valence electrons. The van der Waals surface area contributed by atoms with Crippen LogP contribution in [0, 0.1) is 0 Å². The highest BCUT2D eigenvalue weighted by atomic mass is 15.2. The number of aryl methyl sites for hydroxylation is 1. The summed E-state index contributed by atoms with van der Waals surface area (Å²) in [5.41, 5.74) is 2.90. The second kappa shape index (κ2) is 6.53. The lowest BCUT2D eigenvalue weighted by Crippen LogP contribution is -2.54. The monoisotopic (exact) mass is 260 g/mol. The van der Waals surface area contributed by atoms with Crippen molar-refractivity contribution < 1.29 is 0 Å². The topological polar surface area (TPSA) is 15.3 Å². The van der Waals surface area contributed by atoms with E-state index in [0.717, 1.165) is 19.5 Å². The molecule has 0 aromatic heterocycles. The van der Waals surface area contributed by atoms with E-state index in [1.54, 1.807) is 0 Å². The summed E-state index contributed by atoms with van der Waals surface area (Å²) in [6, 6.07) is 11.0. The third kappa shape index (κ3) is 3.58. The third-order valence-electron chi connectivity index (χ3n) is 4.19. The molecular weight excluding hydrogens is 232 g/mol. The molecule has 3 unspecified atom stereocenters. The highest BCUT2D eigenvalue weighted by Gasteiger charge is 2.26. The van der Waals surface area contributed by atoms with E-state index in [0.29, 0.717) is 18.1 Å². The molecule has 1 saturated heterocycles. The van der Waals surface area contributed by atoms with Gasteiger partial charge in [-0.3, -0.25) is 4.90 Å². The quantitative estimate of drug-likeness (QED) is 0.893. The zero-order valence-electron chi connectivity index (χ0n) is 12.8. The molecular formula is C17H28N2. The van der Waals surface area contributed by atoms with Crippen LogP contribution in [0.4, 0.5) is 0 Å². The van der Waals surface area contributed by atoms with Gasteiger partial charge in [0, 0.05) is 31.2 Å². The van der Waals surface area contributed by atoms with Gasteiger partial charge in [0.15, 0.2) is 0 Å². The Balaban J connectivity index is 2.13. The van der Waals surface area contributed by atoms with Crippen LogP contribution in [0.1, 0.15) is 51.3 Å². The Labute approximate surface area is 118 Å². The van der Waals surface area contributed by atoms with Crippen LogP contribution in [-0.4, -0.2) is 30.1 Å². The summed E-state index contributed by atoms with van der Waals surface area (Å²) in [5.74, 6) is 0. The van der Waals surface area contributed by atoms with Crippen molar-refractivity contribution in [2.45, 2.75) is 58.7 Å². The lowest BCUT2D eigenvalue weighted by atomic mass is 9.98. The van der Waals surface area contributed by atoms with Crippen molar-refractivity contribution in [3.63, 3.8) is 0 Å². The summed E-state index contributed by atoms with van der Waals surface area (Å²) >= 11 is 0. The SMILES string of the molecule is CCc1ccc(C(CC)N2CC(C)NC(C)C2)cc1. The number of piperazine rings is 1. The lowest BCUT2D eigenvalue weighted by molar-refractivity contribution is 0.119. The number of hydrogen-bond donors (Lipinski definition) is 1. The Kier molecular flexibility index (Phi) is 5.00. The fourth-order valence-corrected chi connectivity index (χ4v) is 3.30. The fourth-order valence-electron chi connectivity index (χ4n) is 3.30. The van der Waals surface area contributed by atoms with Gasteiger partial charge >= 0.3 is 0 Å². The molecule has 1 aromatic carbocycles. The maximum Gasteiger partial charge on any atom is 0.0346 e. The lowest BCUT2D eigenvalue weighted by Gasteiger charge is -2.41. The van der Waals surface area contributed by atoms with Crippen molar-refractivity contribution in [3.8, 4) is 0 Å². The molecule has 2 heteroatoms. The predicted molar refractivity (Wildman–Crippen MR) is 82.5 cm³/mol. The number of nitrogens with zero attached hydrogens (tertiary/aromatic N) is 1. The number of benzene rings is 1. The smallest absolute Gasteiger partial charge is 0.0346 e. The Morgan fingerprint density at radius 3 is 2.16 bits per heavy atom. The normalized spacial score (nSPS) is 26.3. The van der Waals surface area contributed by atoms with Crippen molar-refractivity contribution in [3.05, 3.63) is 35.4 Å².